The number of aromatic carboxylic acids is 2. The molecule has 0 bridgehead atoms. The molecule has 0 spiro atoms. The van der Waals surface area contributed by atoms with Gasteiger partial charge in [0.1, 0.15) is 5.75 Å². The zero-order valence-corrected chi connectivity index (χ0v) is 16.7. The molecule has 1 heterocycles. The molecule has 0 atom stereocenters. The van der Waals surface area contributed by atoms with Gasteiger partial charge in [0.2, 0.25) is 0 Å². The second-order valence-electron chi connectivity index (χ2n) is 6.79. The molecule has 0 fully saturated rings. The van der Waals surface area contributed by atoms with Crippen molar-refractivity contribution in [1.82, 2.24) is 9.99 Å². The number of aryl methyl sites for hydroxylation is 1. The number of hydrazone groups is 1. The van der Waals surface area contributed by atoms with Crippen LogP contribution in [0.1, 0.15) is 48.0 Å². The summed E-state index contributed by atoms with van der Waals surface area (Å²) in [4.78, 5) is 34.9. The van der Waals surface area contributed by atoms with Crippen molar-refractivity contribution in [2.45, 2.75) is 13.8 Å². The molecule has 9 heteroatoms. The minimum atomic E-state index is -1.23. The van der Waals surface area contributed by atoms with E-state index in [1.807, 2.05) is 0 Å². The lowest BCUT2D eigenvalue weighted by molar-refractivity contribution is 0.0696. The number of aromatic nitrogens is 1. The molecule has 0 aliphatic carbocycles. The number of carboxylic acids is 2. The van der Waals surface area contributed by atoms with E-state index >= 15 is 0 Å². The lowest BCUT2D eigenvalue weighted by Gasteiger charge is -2.12. The van der Waals surface area contributed by atoms with Gasteiger partial charge in [0.25, 0.3) is 5.91 Å². The monoisotopic (exact) mass is 421 g/mol. The number of hydrogen-bond donors (Lipinski definition) is 4. The van der Waals surface area contributed by atoms with Gasteiger partial charge in [0, 0.05) is 28.2 Å². The molecule has 0 saturated heterocycles. The number of aromatic hydroxyl groups is 1. The number of hydrogen-bond acceptors (Lipinski definition) is 5. The van der Waals surface area contributed by atoms with Crippen molar-refractivity contribution >= 4 is 24.1 Å². The predicted octanol–water partition coefficient (Wildman–Crippen LogP) is 2.96. The van der Waals surface area contributed by atoms with Crippen LogP contribution in [0.4, 0.5) is 0 Å². The third kappa shape index (κ3) is 4.61. The van der Waals surface area contributed by atoms with E-state index in [0.29, 0.717) is 22.5 Å². The Kier molecular flexibility index (Phi) is 5.87. The van der Waals surface area contributed by atoms with Crippen LogP contribution in [0.15, 0.2) is 53.6 Å². The van der Waals surface area contributed by atoms with Gasteiger partial charge in [-0.15, -0.1) is 0 Å². The van der Waals surface area contributed by atoms with Crippen LogP contribution in [0.25, 0.3) is 5.69 Å². The van der Waals surface area contributed by atoms with E-state index in [-0.39, 0.29) is 16.9 Å². The molecule has 9 nitrogen and oxygen atoms in total. The average molecular weight is 421 g/mol. The molecule has 2 aromatic carbocycles. The van der Waals surface area contributed by atoms with Crippen LogP contribution in [0.2, 0.25) is 0 Å². The molecule has 31 heavy (non-hydrogen) atoms. The maximum absolute atomic E-state index is 12.1. The number of phenolic OH excluding ortho intramolecular Hbond substituents is 1. The topological polar surface area (TPSA) is 141 Å². The van der Waals surface area contributed by atoms with Crippen LogP contribution >= 0.6 is 0 Å². The highest BCUT2D eigenvalue weighted by Crippen LogP contribution is 2.22. The number of nitrogens with one attached hydrogen (secondary N) is 1. The normalized spacial score (nSPS) is 10.9. The van der Waals surface area contributed by atoms with E-state index in [9.17, 15) is 29.7 Å². The average Bonchev–Trinajstić information content (AvgIpc) is 3.01. The summed E-state index contributed by atoms with van der Waals surface area (Å²) in [6, 6.07) is 11.4. The fraction of sp³-hybridized carbons (Fsp3) is 0.0909. The first-order valence-electron chi connectivity index (χ1n) is 9.11. The second kappa shape index (κ2) is 8.54. The molecule has 4 N–H and O–H groups in total. The fourth-order valence-electron chi connectivity index (χ4n) is 3.14. The van der Waals surface area contributed by atoms with Crippen molar-refractivity contribution in [3.05, 3.63) is 82.2 Å². The molecule has 158 valence electrons. The maximum atomic E-state index is 12.1. The van der Waals surface area contributed by atoms with Crippen molar-refractivity contribution in [2.75, 3.05) is 0 Å². The molecule has 0 aliphatic rings. The molecular formula is C22H19N3O6. The Hall–Kier alpha value is -4.40. The number of carbonyl (C=O) groups is 3. The molecule has 0 unspecified atom stereocenters. The summed E-state index contributed by atoms with van der Waals surface area (Å²) in [5.41, 5.74) is 4.89. The summed E-state index contributed by atoms with van der Waals surface area (Å²) in [6.07, 6.45) is 1.44. The van der Waals surface area contributed by atoms with Crippen molar-refractivity contribution in [3.8, 4) is 11.4 Å². The molecule has 3 rings (SSSR count). The Labute approximate surface area is 176 Å². The molecule has 1 aromatic heterocycles. The number of amides is 1. The Morgan fingerprint density at radius 1 is 0.903 bits per heavy atom. The highest BCUT2D eigenvalue weighted by atomic mass is 16.4. The highest BCUT2D eigenvalue weighted by molar-refractivity contribution is 5.96. The molecule has 0 aliphatic heterocycles. The maximum Gasteiger partial charge on any atom is 0.335 e. The minimum Gasteiger partial charge on any atom is -0.508 e. The Bertz CT molecular complexity index is 1180. The summed E-state index contributed by atoms with van der Waals surface area (Å²) in [5.74, 6) is -2.87. The first kappa shape index (κ1) is 21.3. The van der Waals surface area contributed by atoms with Crippen LogP contribution in [-0.2, 0) is 0 Å². The summed E-state index contributed by atoms with van der Waals surface area (Å²) >= 11 is 0. The lowest BCUT2D eigenvalue weighted by atomic mass is 10.1. The van der Waals surface area contributed by atoms with Crippen LogP contribution in [0.3, 0.4) is 0 Å². The number of carbonyl (C=O) groups excluding carboxylic acids is 1. The largest absolute Gasteiger partial charge is 0.508 e. The van der Waals surface area contributed by atoms with Gasteiger partial charge in [-0.1, -0.05) is 0 Å². The highest BCUT2D eigenvalue weighted by Gasteiger charge is 2.16. The summed E-state index contributed by atoms with van der Waals surface area (Å²) < 4.78 is 1.71. The zero-order chi connectivity index (χ0) is 22.7. The first-order valence-corrected chi connectivity index (χ1v) is 9.11. The van der Waals surface area contributed by atoms with Gasteiger partial charge < -0.3 is 19.9 Å². The summed E-state index contributed by atoms with van der Waals surface area (Å²) in [6.45, 7) is 3.55. The van der Waals surface area contributed by atoms with E-state index in [1.165, 1.54) is 42.6 Å². The summed E-state index contributed by atoms with van der Waals surface area (Å²) in [7, 11) is 0. The van der Waals surface area contributed by atoms with E-state index in [0.717, 1.165) is 11.8 Å². The summed E-state index contributed by atoms with van der Waals surface area (Å²) in [5, 5.41) is 31.8. The van der Waals surface area contributed by atoms with Crippen molar-refractivity contribution in [2.24, 2.45) is 5.10 Å². The first-order chi connectivity index (χ1) is 14.7. The standard InChI is InChI=1S/C22H19N3O6/c1-12-7-17(11-23-24-20(27)14-3-5-19(26)6-4-14)13(2)25(12)18-9-15(21(28)29)8-16(10-18)22(30)31/h3-11,26H,1-2H3,(H,24,27)(H,28,29)(H,30,31)/b23-11-. The Morgan fingerprint density at radius 3 is 2.03 bits per heavy atom. The SMILES string of the molecule is Cc1cc(/C=N\NC(=O)c2ccc(O)cc2)c(C)n1-c1cc(C(=O)O)cc(C(=O)O)c1. The molecule has 1 amide bonds. The zero-order valence-electron chi connectivity index (χ0n) is 16.7. The van der Waals surface area contributed by atoms with Gasteiger partial charge in [-0.05, 0) is 62.4 Å². The fourth-order valence-corrected chi connectivity index (χ4v) is 3.14. The third-order valence-corrected chi connectivity index (χ3v) is 4.64. The van der Waals surface area contributed by atoms with Crippen LogP contribution in [0, 0.1) is 13.8 Å². The van der Waals surface area contributed by atoms with E-state index in [1.54, 1.807) is 24.5 Å². The number of carboxylic acid groups (broad SMARTS) is 2. The minimum absolute atomic E-state index is 0.0468. The van der Waals surface area contributed by atoms with E-state index in [2.05, 4.69) is 10.5 Å². The number of nitrogens with zero attached hydrogens (tertiary/aromatic N) is 2. The van der Waals surface area contributed by atoms with Crippen molar-refractivity contribution < 1.29 is 29.7 Å². The van der Waals surface area contributed by atoms with Gasteiger partial charge in [0.05, 0.1) is 17.3 Å². The van der Waals surface area contributed by atoms with E-state index in [4.69, 9.17) is 0 Å². The van der Waals surface area contributed by atoms with Crippen LogP contribution in [0.5, 0.6) is 5.75 Å². The Balaban J connectivity index is 1.90. The van der Waals surface area contributed by atoms with Crippen LogP contribution < -0.4 is 5.43 Å². The third-order valence-electron chi connectivity index (χ3n) is 4.64. The van der Waals surface area contributed by atoms with E-state index < -0.39 is 17.8 Å². The smallest absolute Gasteiger partial charge is 0.335 e. The molecular weight excluding hydrogens is 402 g/mol. The number of rotatable bonds is 6. The van der Waals surface area contributed by atoms with Crippen molar-refractivity contribution in [1.29, 1.82) is 0 Å². The molecule has 3 aromatic rings. The predicted molar refractivity (Wildman–Crippen MR) is 112 cm³/mol. The van der Waals surface area contributed by atoms with Gasteiger partial charge in [-0.25, -0.2) is 15.0 Å². The quantitative estimate of drug-likeness (QED) is 0.356. The Morgan fingerprint density at radius 2 is 1.48 bits per heavy atom. The number of phenols is 1. The van der Waals surface area contributed by atoms with Gasteiger partial charge >= 0.3 is 11.9 Å². The lowest BCUT2D eigenvalue weighted by Crippen LogP contribution is -2.17. The molecule has 0 saturated carbocycles. The second-order valence-corrected chi connectivity index (χ2v) is 6.79. The van der Waals surface area contributed by atoms with Gasteiger partial charge in [-0.3, -0.25) is 4.79 Å². The van der Waals surface area contributed by atoms with Gasteiger partial charge in [0.15, 0.2) is 0 Å². The van der Waals surface area contributed by atoms with Gasteiger partial charge in [-0.2, -0.15) is 5.10 Å². The number of benzene rings is 2. The molecule has 0 radical (unpaired) electrons. The van der Waals surface area contributed by atoms with Crippen LogP contribution in [-0.4, -0.2) is 43.9 Å². The van der Waals surface area contributed by atoms with Crippen molar-refractivity contribution in [3.63, 3.8) is 0 Å².